The van der Waals surface area contributed by atoms with Crippen LogP contribution in [0.3, 0.4) is 0 Å². The number of hydrogen-bond acceptors (Lipinski definition) is 7. The molecule has 0 aliphatic carbocycles. The lowest BCUT2D eigenvalue weighted by molar-refractivity contribution is 0.249. The lowest BCUT2D eigenvalue weighted by Crippen LogP contribution is -2.47. The molecule has 1 N–H and O–H groups in total. The third kappa shape index (κ3) is 4.08. The van der Waals surface area contributed by atoms with Crippen molar-refractivity contribution in [1.29, 1.82) is 0 Å². The highest BCUT2D eigenvalue weighted by atomic mass is 32.1. The summed E-state index contributed by atoms with van der Waals surface area (Å²) in [6.45, 7) is 5.49. The first-order valence-electron chi connectivity index (χ1n) is 7.85. The molecule has 1 aliphatic rings. The number of hydrogen-bond donors (Lipinski definition) is 1. The largest absolute Gasteiger partial charge is 0.494 e. The van der Waals surface area contributed by atoms with Crippen molar-refractivity contribution in [2.24, 2.45) is 0 Å². The van der Waals surface area contributed by atoms with Crippen molar-refractivity contribution in [1.82, 2.24) is 19.4 Å². The molecule has 7 nitrogen and oxygen atoms in total. The first-order chi connectivity index (χ1) is 11.2. The van der Waals surface area contributed by atoms with E-state index in [1.165, 1.54) is 9.95 Å². The number of nitrogens with zero attached hydrogens (tertiary/aromatic N) is 5. The van der Waals surface area contributed by atoms with E-state index >= 15 is 0 Å². The van der Waals surface area contributed by atoms with E-state index in [2.05, 4.69) is 19.8 Å². The molecule has 2 aromatic heterocycles. The van der Waals surface area contributed by atoms with Gasteiger partial charge in [-0.2, -0.15) is 0 Å². The molecule has 1 aliphatic heterocycles. The third-order valence-corrected chi connectivity index (χ3v) is 4.83. The summed E-state index contributed by atoms with van der Waals surface area (Å²) >= 11 is 1.04. The Morgan fingerprint density at radius 3 is 2.43 bits per heavy atom. The van der Waals surface area contributed by atoms with Crippen LogP contribution in [0.25, 0.3) is 0 Å². The second kappa shape index (κ2) is 7.56. The van der Waals surface area contributed by atoms with Gasteiger partial charge in [-0.15, -0.1) is 0 Å². The van der Waals surface area contributed by atoms with Crippen molar-refractivity contribution >= 4 is 17.3 Å². The molecule has 0 amide bonds. The molecule has 0 spiro atoms. The summed E-state index contributed by atoms with van der Waals surface area (Å²) < 4.78 is 1.44. The summed E-state index contributed by atoms with van der Waals surface area (Å²) in [4.78, 5) is 24.6. The SMILES string of the molecule is O=c1scc(O)n1CCCCN1CCN(c2ncccn2)CC1. The molecule has 1 fully saturated rings. The van der Waals surface area contributed by atoms with Crippen LogP contribution in [0, 0.1) is 0 Å². The fraction of sp³-hybridized carbons (Fsp3) is 0.533. The lowest BCUT2D eigenvalue weighted by atomic mass is 10.2. The number of rotatable bonds is 6. The summed E-state index contributed by atoms with van der Waals surface area (Å²) in [7, 11) is 0. The average molecular weight is 335 g/mol. The average Bonchev–Trinajstić information content (AvgIpc) is 2.92. The third-order valence-electron chi connectivity index (χ3n) is 4.08. The van der Waals surface area contributed by atoms with Crippen LogP contribution in [0.4, 0.5) is 5.95 Å². The molecule has 0 unspecified atom stereocenters. The molecular formula is C15H21N5O2S. The molecule has 3 heterocycles. The van der Waals surface area contributed by atoms with Gasteiger partial charge in [-0.25, -0.2) is 9.97 Å². The smallest absolute Gasteiger partial charge is 0.309 e. The summed E-state index contributed by atoms with van der Waals surface area (Å²) in [5.74, 6) is 0.885. The number of aromatic hydroxyl groups is 1. The molecular weight excluding hydrogens is 314 g/mol. The van der Waals surface area contributed by atoms with Crippen molar-refractivity contribution in [2.45, 2.75) is 19.4 Å². The second-order valence-corrected chi connectivity index (χ2v) is 6.42. The first-order valence-corrected chi connectivity index (χ1v) is 8.73. The highest BCUT2D eigenvalue weighted by Crippen LogP contribution is 2.12. The molecule has 3 rings (SSSR count). The highest BCUT2D eigenvalue weighted by Gasteiger charge is 2.18. The van der Waals surface area contributed by atoms with Crippen LogP contribution >= 0.6 is 11.3 Å². The van der Waals surface area contributed by atoms with E-state index in [0.717, 1.165) is 62.9 Å². The van der Waals surface area contributed by atoms with Crippen LogP contribution in [0.15, 0.2) is 28.6 Å². The summed E-state index contributed by atoms with van der Waals surface area (Å²) in [5.41, 5.74) is 0. The van der Waals surface area contributed by atoms with Gasteiger partial charge in [0.1, 0.15) is 0 Å². The van der Waals surface area contributed by atoms with Gasteiger partial charge >= 0.3 is 4.87 Å². The molecule has 0 bridgehead atoms. The molecule has 124 valence electrons. The lowest BCUT2D eigenvalue weighted by Gasteiger charge is -2.34. The highest BCUT2D eigenvalue weighted by molar-refractivity contribution is 7.07. The number of anilines is 1. The zero-order valence-corrected chi connectivity index (χ0v) is 13.8. The molecule has 0 aromatic carbocycles. The minimum absolute atomic E-state index is 0.0801. The van der Waals surface area contributed by atoms with Gasteiger partial charge in [-0.3, -0.25) is 14.3 Å². The minimum Gasteiger partial charge on any atom is -0.494 e. The predicted molar refractivity (Wildman–Crippen MR) is 90.2 cm³/mol. The Labute approximate surface area is 138 Å². The van der Waals surface area contributed by atoms with Crippen molar-refractivity contribution in [3.63, 3.8) is 0 Å². The van der Waals surface area contributed by atoms with E-state index in [0.29, 0.717) is 6.54 Å². The Balaban J connectivity index is 1.37. The summed E-state index contributed by atoms with van der Waals surface area (Å²) in [6, 6.07) is 1.83. The first kappa shape index (κ1) is 15.9. The topological polar surface area (TPSA) is 74.5 Å². The fourth-order valence-electron chi connectivity index (χ4n) is 2.76. The minimum atomic E-state index is -0.0843. The van der Waals surface area contributed by atoms with Crippen LogP contribution < -0.4 is 9.77 Å². The van der Waals surface area contributed by atoms with Crippen molar-refractivity contribution < 1.29 is 5.11 Å². The van der Waals surface area contributed by atoms with Crippen LogP contribution in [-0.4, -0.2) is 57.3 Å². The van der Waals surface area contributed by atoms with E-state index in [-0.39, 0.29) is 10.8 Å². The van der Waals surface area contributed by atoms with Crippen molar-refractivity contribution in [3.05, 3.63) is 33.5 Å². The van der Waals surface area contributed by atoms with Crippen LogP contribution in [0.2, 0.25) is 0 Å². The Hall–Kier alpha value is -1.93. The van der Waals surface area contributed by atoms with Gasteiger partial charge in [-0.1, -0.05) is 11.3 Å². The second-order valence-electron chi connectivity index (χ2n) is 5.60. The van der Waals surface area contributed by atoms with Gasteiger partial charge in [0.2, 0.25) is 11.8 Å². The Morgan fingerprint density at radius 1 is 1.09 bits per heavy atom. The van der Waals surface area contributed by atoms with Crippen molar-refractivity contribution in [2.75, 3.05) is 37.6 Å². The standard InChI is InChI=1S/C15H21N5O2S/c21-13-12-23-15(22)20(13)7-2-1-6-18-8-10-19(11-9-18)14-16-4-3-5-17-14/h3-5,12,21H,1-2,6-11H2. The Bertz CT molecular complexity index is 664. The molecule has 23 heavy (non-hydrogen) atoms. The number of unbranched alkanes of at least 4 members (excludes halogenated alkanes) is 1. The molecule has 0 radical (unpaired) electrons. The number of thiazole rings is 1. The van der Waals surface area contributed by atoms with E-state index < -0.39 is 0 Å². The maximum atomic E-state index is 11.5. The molecule has 0 atom stereocenters. The van der Waals surface area contributed by atoms with Crippen LogP contribution in [-0.2, 0) is 6.54 Å². The summed E-state index contributed by atoms with van der Waals surface area (Å²) in [6.07, 6.45) is 5.46. The van der Waals surface area contributed by atoms with Gasteiger partial charge in [0.15, 0.2) is 0 Å². The maximum absolute atomic E-state index is 11.5. The number of aromatic nitrogens is 3. The molecule has 8 heteroatoms. The number of piperazine rings is 1. The van der Waals surface area contributed by atoms with Gasteiger partial charge in [0, 0.05) is 45.1 Å². The Morgan fingerprint density at radius 2 is 1.78 bits per heavy atom. The fourth-order valence-corrected chi connectivity index (χ4v) is 3.41. The van der Waals surface area contributed by atoms with Crippen LogP contribution in [0.5, 0.6) is 5.88 Å². The van der Waals surface area contributed by atoms with E-state index in [4.69, 9.17) is 0 Å². The van der Waals surface area contributed by atoms with Gasteiger partial charge < -0.3 is 10.0 Å². The normalized spacial score (nSPS) is 15.9. The quantitative estimate of drug-likeness (QED) is 0.794. The molecule has 1 saturated heterocycles. The summed E-state index contributed by atoms with van der Waals surface area (Å²) in [5, 5.41) is 11.1. The Kier molecular flexibility index (Phi) is 5.24. The van der Waals surface area contributed by atoms with Crippen LogP contribution in [0.1, 0.15) is 12.8 Å². The zero-order chi connectivity index (χ0) is 16.1. The van der Waals surface area contributed by atoms with E-state index in [1.807, 2.05) is 6.07 Å². The molecule has 0 saturated carbocycles. The van der Waals surface area contributed by atoms with Gasteiger partial charge in [0.05, 0.1) is 5.38 Å². The zero-order valence-electron chi connectivity index (χ0n) is 13.0. The molecule has 2 aromatic rings. The van der Waals surface area contributed by atoms with Gasteiger partial charge in [-0.05, 0) is 25.5 Å². The van der Waals surface area contributed by atoms with Crippen molar-refractivity contribution in [3.8, 4) is 5.88 Å². The monoisotopic (exact) mass is 335 g/mol. The predicted octanol–water partition coefficient (Wildman–Crippen LogP) is 1.01. The van der Waals surface area contributed by atoms with Gasteiger partial charge in [0.25, 0.3) is 0 Å². The van der Waals surface area contributed by atoms with E-state index in [9.17, 15) is 9.90 Å². The van der Waals surface area contributed by atoms with E-state index in [1.54, 1.807) is 12.4 Å². The maximum Gasteiger partial charge on any atom is 0.309 e.